The maximum Gasteiger partial charge on any atom is 0.160 e. The van der Waals surface area contributed by atoms with Crippen molar-refractivity contribution in [2.75, 3.05) is 0 Å². The van der Waals surface area contributed by atoms with Crippen molar-refractivity contribution in [3.05, 3.63) is 121 Å². The van der Waals surface area contributed by atoms with Crippen molar-refractivity contribution in [3.63, 3.8) is 0 Å². The first-order valence-corrected chi connectivity index (χ1v) is 13.3. The lowest BCUT2D eigenvalue weighted by molar-refractivity contribution is 0.669. The maximum atomic E-state index is 6.33. The normalized spacial score (nSPS) is 12.0. The standard InChI is InChI=1S/C36H20N2O2/c1-4-10-30-28(9-1)34(22-16-17-26-24-7-2-5-11-31(24)39-33(26)20-22)38-36(37-30)23-14-13-21-15-18-27-25-8-3-6-12-32(25)40-35(27)29(21)19-23/h1-20H. The summed E-state index contributed by atoms with van der Waals surface area (Å²) in [5.41, 5.74) is 7.22. The number of hydrogen-bond acceptors (Lipinski definition) is 4. The van der Waals surface area contributed by atoms with Crippen molar-refractivity contribution < 1.29 is 8.83 Å². The van der Waals surface area contributed by atoms with Crippen molar-refractivity contribution in [2.24, 2.45) is 0 Å². The number of para-hydroxylation sites is 3. The fourth-order valence-corrected chi connectivity index (χ4v) is 5.94. The highest BCUT2D eigenvalue weighted by Crippen LogP contribution is 2.37. The molecule has 0 aliphatic carbocycles. The van der Waals surface area contributed by atoms with E-state index in [0.717, 1.165) is 82.4 Å². The molecular formula is C36H20N2O2. The molecule has 0 unspecified atom stereocenters. The molecule has 9 rings (SSSR count). The van der Waals surface area contributed by atoms with E-state index in [-0.39, 0.29) is 0 Å². The van der Waals surface area contributed by atoms with E-state index >= 15 is 0 Å². The van der Waals surface area contributed by atoms with Crippen molar-refractivity contribution in [1.29, 1.82) is 0 Å². The van der Waals surface area contributed by atoms with Gasteiger partial charge in [-0.3, -0.25) is 0 Å². The third kappa shape index (κ3) is 3.07. The zero-order chi connectivity index (χ0) is 26.2. The van der Waals surface area contributed by atoms with E-state index < -0.39 is 0 Å². The Morgan fingerprint density at radius 2 is 1.07 bits per heavy atom. The molecule has 0 atom stereocenters. The van der Waals surface area contributed by atoms with Gasteiger partial charge >= 0.3 is 0 Å². The summed E-state index contributed by atoms with van der Waals surface area (Å²) in [4.78, 5) is 10.1. The summed E-state index contributed by atoms with van der Waals surface area (Å²) < 4.78 is 12.5. The van der Waals surface area contributed by atoms with Crippen LogP contribution in [-0.2, 0) is 0 Å². The van der Waals surface area contributed by atoms with Crippen LogP contribution in [0.25, 0.3) is 88.2 Å². The molecule has 0 aliphatic heterocycles. The molecule has 0 amide bonds. The molecule has 6 aromatic carbocycles. The first kappa shape index (κ1) is 21.5. The molecule has 3 aromatic heterocycles. The van der Waals surface area contributed by atoms with E-state index in [1.807, 2.05) is 54.6 Å². The lowest BCUT2D eigenvalue weighted by Crippen LogP contribution is -1.95. The number of fused-ring (bicyclic) bond motifs is 9. The van der Waals surface area contributed by atoms with Crippen LogP contribution in [0.3, 0.4) is 0 Å². The molecular weight excluding hydrogens is 492 g/mol. The minimum absolute atomic E-state index is 0.674. The average Bonchev–Trinajstić information content (AvgIpc) is 3.58. The highest BCUT2D eigenvalue weighted by molar-refractivity contribution is 6.15. The summed E-state index contributed by atoms with van der Waals surface area (Å²) in [5, 5.41) is 7.62. The lowest BCUT2D eigenvalue weighted by atomic mass is 10.0. The second-order valence-electron chi connectivity index (χ2n) is 10.2. The first-order valence-electron chi connectivity index (χ1n) is 13.3. The third-order valence-corrected chi connectivity index (χ3v) is 7.87. The predicted octanol–water partition coefficient (Wildman–Crippen LogP) is 9.92. The van der Waals surface area contributed by atoms with Gasteiger partial charge in [0, 0.05) is 43.4 Å². The smallest absolute Gasteiger partial charge is 0.160 e. The SMILES string of the molecule is c1ccc2c(-c3ccc4c(c3)oc3ccccc34)nc(-c3ccc4ccc5c6ccccc6oc5c4c3)nc2c1. The lowest BCUT2D eigenvalue weighted by Gasteiger charge is -2.10. The van der Waals surface area contributed by atoms with Crippen LogP contribution in [0.15, 0.2) is 130 Å². The number of rotatable bonds is 2. The quantitative estimate of drug-likeness (QED) is 0.231. The van der Waals surface area contributed by atoms with Gasteiger partial charge in [-0.15, -0.1) is 0 Å². The topological polar surface area (TPSA) is 52.1 Å². The van der Waals surface area contributed by atoms with Crippen LogP contribution in [0, 0.1) is 0 Å². The summed E-state index contributed by atoms with van der Waals surface area (Å²) in [5.74, 6) is 0.674. The zero-order valence-corrected chi connectivity index (χ0v) is 21.3. The molecule has 4 heteroatoms. The van der Waals surface area contributed by atoms with Crippen LogP contribution in [0.4, 0.5) is 0 Å². The van der Waals surface area contributed by atoms with Gasteiger partial charge in [0.1, 0.15) is 22.3 Å². The average molecular weight is 513 g/mol. The Labute approximate surface area is 228 Å². The highest BCUT2D eigenvalue weighted by atomic mass is 16.3. The molecule has 0 radical (unpaired) electrons. The molecule has 0 N–H and O–H groups in total. The van der Waals surface area contributed by atoms with E-state index in [0.29, 0.717) is 5.82 Å². The van der Waals surface area contributed by atoms with Gasteiger partial charge in [0.15, 0.2) is 5.82 Å². The van der Waals surface area contributed by atoms with Crippen LogP contribution >= 0.6 is 0 Å². The Hall–Kier alpha value is -5.48. The number of aromatic nitrogens is 2. The molecule has 0 spiro atoms. The van der Waals surface area contributed by atoms with Crippen LogP contribution in [0.1, 0.15) is 0 Å². The predicted molar refractivity (Wildman–Crippen MR) is 162 cm³/mol. The summed E-state index contributed by atoms with van der Waals surface area (Å²) >= 11 is 0. The summed E-state index contributed by atoms with van der Waals surface area (Å²) in [7, 11) is 0. The highest BCUT2D eigenvalue weighted by Gasteiger charge is 2.16. The Kier molecular flexibility index (Phi) is 4.30. The molecule has 0 aliphatic rings. The molecule has 0 saturated heterocycles. The third-order valence-electron chi connectivity index (χ3n) is 7.87. The summed E-state index contributed by atoms with van der Waals surface area (Å²) in [6.45, 7) is 0. The van der Waals surface area contributed by atoms with Gasteiger partial charge in [-0.1, -0.05) is 78.9 Å². The van der Waals surface area contributed by atoms with E-state index in [9.17, 15) is 0 Å². The molecule has 0 bridgehead atoms. The van der Waals surface area contributed by atoms with Crippen molar-refractivity contribution in [3.8, 4) is 22.6 Å². The Balaban J connectivity index is 1.28. The van der Waals surface area contributed by atoms with Crippen LogP contribution in [0.2, 0.25) is 0 Å². The van der Waals surface area contributed by atoms with E-state index in [4.69, 9.17) is 18.8 Å². The molecule has 186 valence electrons. The van der Waals surface area contributed by atoms with Crippen molar-refractivity contribution >= 4 is 65.6 Å². The van der Waals surface area contributed by atoms with Crippen LogP contribution < -0.4 is 0 Å². The minimum atomic E-state index is 0.674. The fourth-order valence-electron chi connectivity index (χ4n) is 5.94. The largest absolute Gasteiger partial charge is 0.456 e. The van der Waals surface area contributed by atoms with E-state index in [1.165, 1.54) is 0 Å². The van der Waals surface area contributed by atoms with Crippen molar-refractivity contribution in [2.45, 2.75) is 0 Å². The minimum Gasteiger partial charge on any atom is -0.456 e. The second-order valence-corrected chi connectivity index (χ2v) is 10.2. The molecule has 4 nitrogen and oxygen atoms in total. The Bertz CT molecular complexity index is 2450. The molecule has 40 heavy (non-hydrogen) atoms. The first-order chi connectivity index (χ1) is 19.8. The van der Waals surface area contributed by atoms with Gasteiger partial charge in [0.25, 0.3) is 0 Å². The molecule has 9 aromatic rings. The molecule has 3 heterocycles. The van der Waals surface area contributed by atoms with Gasteiger partial charge < -0.3 is 8.83 Å². The van der Waals surface area contributed by atoms with Crippen molar-refractivity contribution in [1.82, 2.24) is 9.97 Å². The zero-order valence-electron chi connectivity index (χ0n) is 21.3. The van der Waals surface area contributed by atoms with Crippen LogP contribution in [0.5, 0.6) is 0 Å². The number of nitrogens with zero attached hydrogens (tertiary/aromatic N) is 2. The molecule has 0 fully saturated rings. The van der Waals surface area contributed by atoms with E-state index in [1.54, 1.807) is 0 Å². The number of hydrogen-bond donors (Lipinski definition) is 0. The van der Waals surface area contributed by atoms with Gasteiger partial charge in [-0.05, 0) is 47.9 Å². The van der Waals surface area contributed by atoms with Gasteiger partial charge in [-0.25, -0.2) is 9.97 Å². The van der Waals surface area contributed by atoms with E-state index in [2.05, 4.69) is 66.7 Å². The Morgan fingerprint density at radius 3 is 1.95 bits per heavy atom. The molecule has 0 saturated carbocycles. The number of benzene rings is 6. The second kappa shape index (κ2) is 8.01. The summed E-state index contributed by atoms with van der Waals surface area (Å²) in [6.07, 6.45) is 0. The van der Waals surface area contributed by atoms with Crippen LogP contribution in [-0.4, -0.2) is 9.97 Å². The summed E-state index contributed by atoms with van der Waals surface area (Å²) in [6, 6.07) is 41.5. The fraction of sp³-hybridized carbons (Fsp3) is 0. The van der Waals surface area contributed by atoms with Gasteiger partial charge in [0.2, 0.25) is 0 Å². The Morgan fingerprint density at radius 1 is 0.425 bits per heavy atom. The maximum absolute atomic E-state index is 6.33. The van der Waals surface area contributed by atoms with Gasteiger partial charge in [0.05, 0.1) is 11.2 Å². The monoisotopic (exact) mass is 512 g/mol. The van der Waals surface area contributed by atoms with Gasteiger partial charge in [-0.2, -0.15) is 0 Å². The number of furan rings is 2.